The van der Waals surface area contributed by atoms with Crippen LogP contribution in [-0.4, -0.2) is 76.9 Å². The molecule has 1 heterocycles. The number of aliphatic carboxylic acids is 2. The van der Waals surface area contributed by atoms with Crippen molar-refractivity contribution >= 4 is 17.8 Å². The monoisotopic (exact) mass is 413 g/mol. The van der Waals surface area contributed by atoms with E-state index in [0.717, 1.165) is 32.5 Å². The van der Waals surface area contributed by atoms with Gasteiger partial charge in [0.15, 0.2) is 0 Å². The Morgan fingerprint density at radius 3 is 2.17 bits per heavy atom. The molecule has 1 rings (SSSR count). The zero-order chi connectivity index (χ0) is 21.3. The number of carboxylic acid groups (broad SMARTS) is 2. The van der Waals surface area contributed by atoms with E-state index in [9.17, 15) is 9.59 Å². The third-order valence-corrected chi connectivity index (χ3v) is 5.44. The molecule has 0 aromatic rings. The van der Waals surface area contributed by atoms with Crippen LogP contribution >= 0.6 is 0 Å². The predicted molar refractivity (Wildman–Crippen MR) is 114 cm³/mol. The van der Waals surface area contributed by atoms with Crippen molar-refractivity contribution in [2.24, 2.45) is 0 Å². The summed E-state index contributed by atoms with van der Waals surface area (Å²) in [6, 6.07) is 0. The molecule has 0 aromatic carbocycles. The molecule has 0 spiro atoms. The lowest BCUT2D eigenvalue weighted by atomic mass is 10.1. The largest absolute Gasteiger partial charge is 0.481 e. The highest BCUT2D eigenvalue weighted by atomic mass is 16.5. The number of carboxylic acids is 2. The molecule has 0 unspecified atom stereocenters. The molecule has 0 fully saturated rings. The van der Waals surface area contributed by atoms with Gasteiger partial charge in [-0.1, -0.05) is 58.3 Å². The molecular formula is C22H41N2O5+. The number of carbonyl (C=O) groups is 2. The van der Waals surface area contributed by atoms with Gasteiger partial charge in [-0.25, -0.2) is 0 Å². The molecular weight excluding hydrogens is 372 g/mol. The highest BCUT2D eigenvalue weighted by molar-refractivity contribution is 5.79. The quantitative estimate of drug-likeness (QED) is 0.248. The first-order chi connectivity index (χ1) is 14.0. The van der Waals surface area contributed by atoms with Crippen LogP contribution in [0.2, 0.25) is 0 Å². The summed E-state index contributed by atoms with van der Waals surface area (Å²) in [4.78, 5) is 23.7. The van der Waals surface area contributed by atoms with E-state index in [1.54, 1.807) is 0 Å². The first-order valence-corrected chi connectivity index (χ1v) is 11.4. The third kappa shape index (κ3) is 12.5. The lowest BCUT2D eigenvalue weighted by Crippen LogP contribution is -2.32. The number of nitrogens with zero attached hydrogens (tertiary/aromatic N) is 2. The molecule has 7 heteroatoms. The number of hydrogen-bond donors (Lipinski definition) is 2. The van der Waals surface area contributed by atoms with Gasteiger partial charge in [-0.15, -0.1) is 0 Å². The number of ether oxygens (including phenoxy) is 1. The molecule has 7 nitrogen and oxygen atoms in total. The minimum atomic E-state index is -0.844. The van der Waals surface area contributed by atoms with Crippen molar-refractivity contribution < 1.29 is 29.1 Å². The smallest absolute Gasteiger partial charge is 0.307 e. The normalized spacial score (nSPS) is 14.0. The summed E-state index contributed by atoms with van der Waals surface area (Å²) in [6.45, 7) is 6.00. The van der Waals surface area contributed by atoms with E-state index < -0.39 is 11.9 Å². The van der Waals surface area contributed by atoms with Crippen molar-refractivity contribution in [3.8, 4) is 0 Å². The Morgan fingerprint density at radius 1 is 0.931 bits per heavy atom. The second-order valence-electron chi connectivity index (χ2n) is 7.87. The molecule has 0 saturated heterocycles. The SMILES string of the molecule is CCCCCCCCCCCC1=[N+](CCOCCC(=O)O)CCN1CCC(=O)O. The van der Waals surface area contributed by atoms with Crippen LogP contribution in [0, 0.1) is 0 Å². The number of unbranched alkanes of at least 4 members (excludes halogenated alkanes) is 8. The number of rotatable bonds is 19. The Labute approximate surface area is 175 Å². The molecule has 1 aliphatic heterocycles. The van der Waals surface area contributed by atoms with E-state index in [1.807, 2.05) is 0 Å². The predicted octanol–water partition coefficient (Wildman–Crippen LogP) is 3.60. The molecule has 0 radical (unpaired) electrons. The second kappa shape index (κ2) is 16.2. The molecule has 29 heavy (non-hydrogen) atoms. The fourth-order valence-corrected chi connectivity index (χ4v) is 3.76. The van der Waals surface area contributed by atoms with Gasteiger partial charge < -0.3 is 14.9 Å². The van der Waals surface area contributed by atoms with Gasteiger partial charge in [-0.3, -0.25) is 19.1 Å². The Balaban J connectivity index is 2.36. The van der Waals surface area contributed by atoms with Gasteiger partial charge in [0, 0.05) is 6.42 Å². The summed E-state index contributed by atoms with van der Waals surface area (Å²) < 4.78 is 7.72. The van der Waals surface area contributed by atoms with Crippen LogP contribution < -0.4 is 0 Å². The average Bonchev–Trinajstić information content (AvgIpc) is 3.06. The van der Waals surface area contributed by atoms with Crippen LogP contribution in [0.4, 0.5) is 0 Å². The first-order valence-electron chi connectivity index (χ1n) is 11.4. The lowest BCUT2D eigenvalue weighted by Gasteiger charge is -2.13. The molecule has 0 aromatic heterocycles. The molecule has 0 bridgehead atoms. The minimum Gasteiger partial charge on any atom is -0.481 e. The van der Waals surface area contributed by atoms with Gasteiger partial charge in [-0.2, -0.15) is 0 Å². The van der Waals surface area contributed by atoms with E-state index in [-0.39, 0.29) is 19.4 Å². The maximum atomic E-state index is 11.0. The van der Waals surface area contributed by atoms with E-state index in [2.05, 4.69) is 16.4 Å². The molecule has 0 atom stereocenters. The first kappa shape index (κ1) is 25.4. The molecule has 0 amide bonds. The molecule has 168 valence electrons. The zero-order valence-corrected chi connectivity index (χ0v) is 18.2. The van der Waals surface area contributed by atoms with Crippen LogP contribution in [0.1, 0.15) is 84.0 Å². The Bertz CT molecular complexity index is 507. The van der Waals surface area contributed by atoms with Crippen LogP contribution in [0.5, 0.6) is 0 Å². The van der Waals surface area contributed by atoms with Gasteiger partial charge in [-0.05, 0) is 6.42 Å². The fourth-order valence-electron chi connectivity index (χ4n) is 3.76. The number of amidine groups is 1. The van der Waals surface area contributed by atoms with Crippen LogP contribution in [-0.2, 0) is 14.3 Å². The van der Waals surface area contributed by atoms with Crippen molar-refractivity contribution in [2.45, 2.75) is 84.0 Å². The Kier molecular flexibility index (Phi) is 14.2. The average molecular weight is 414 g/mol. The van der Waals surface area contributed by atoms with E-state index in [1.165, 1.54) is 57.2 Å². The van der Waals surface area contributed by atoms with Crippen LogP contribution in [0.3, 0.4) is 0 Å². The van der Waals surface area contributed by atoms with Crippen LogP contribution in [0.25, 0.3) is 0 Å². The fraction of sp³-hybridized carbons (Fsp3) is 0.864. The summed E-state index contributed by atoms with van der Waals surface area (Å²) in [5, 5.41) is 17.7. The van der Waals surface area contributed by atoms with Gasteiger partial charge in [0.1, 0.15) is 19.6 Å². The lowest BCUT2D eigenvalue weighted by molar-refractivity contribution is -0.522. The Hall–Kier alpha value is -1.63. The maximum Gasteiger partial charge on any atom is 0.307 e. The van der Waals surface area contributed by atoms with Crippen molar-refractivity contribution in [3.05, 3.63) is 0 Å². The van der Waals surface area contributed by atoms with Crippen molar-refractivity contribution in [2.75, 3.05) is 39.4 Å². The van der Waals surface area contributed by atoms with E-state index >= 15 is 0 Å². The standard InChI is InChI=1S/C22H40N2O5/c1-2-3-4-5-6-7-8-9-10-11-20-23(14-12-21(25)26)15-16-24(20)17-19-29-18-13-22(27)28/h2-19H2,1H3,(H-,25,26,27,28)/p+1. The zero-order valence-electron chi connectivity index (χ0n) is 18.2. The minimum absolute atomic E-state index is 0.0275. The number of hydrogen-bond acceptors (Lipinski definition) is 4. The van der Waals surface area contributed by atoms with Crippen molar-refractivity contribution in [1.82, 2.24) is 4.90 Å². The maximum absolute atomic E-state index is 11.0. The van der Waals surface area contributed by atoms with E-state index in [0.29, 0.717) is 13.2 Å². The summed E-state index contributed by atoms with van der Waals surface area (Å²) >= 11 is 0. The van der Waals surface area contributed by atoms with Gasteiger partial charge >= 0.3 is 11.9 Å². The second-order valence-corrected chi connectivity index (χ2v) is 7.87. The van der Waals surface area contributed by atoms with Gasteiger partial charge in [0.2, 0.25) is 5.84 Å². The van der Waals surface area contributed by atoms with E-state index in [4.69, 9.17) is 14.9 Å². The molecule has 2 N–H and O–H groups in total. The molecule has 0 saturated carbocycles. The third-order valence-electron chi connectivity index (χ3n) is 5.44. The van der Waals surface area contributed by atoms with Gasteiger partial charge in [0.05, 0.1) is 32.6 Å². The summed E-state index contributed by atoms with van der Waals surface area (Å²) in [6.07, 6.45) is 12.8. The summed E-state index contributed by atoms with van der Waals surface area (Å²) in [5.41, 5.74) is 0. The highest BCUT2D eigenvalue weighted by Crippen LogP contribution is 2.14. The summed E-state index contributed by atoms with van der Waals surface area (Å²) in [5.74, 6) is -0.373. The van der Waals surface area contributed by atoms with Gasteiger partial charge in [0.25, 0.3) is 0 Å². The van der Waals surface area contributed by atoms with Crippen molar-refractivity contribution in [1.29, 1.82) is 0 Å². The van der Waals surface area contributed by atoms with Crippen molar-refractivity contribution in [3.63, 3.8) is 0 Å². The molecule has 1 aliphatic rings. The summed E-state index contributed by atoms with van der Waals surface area (Å²) in [7, 11) is 0. The van der Waals surface area contributed by atoms with Crippen LogP contribution in [0.15, 0.2) is 0 Å². The highest BCUT2D eigenvalue weighted by Gasteiger charge is 2.29. The Morgan fingerprint density at radius 2 is 1.55 bits per heavy atom. The topological polar surface area (TPSA) is 90.1 Å². The molecule has 0 aliphatic carbocycles.